The molecule has 1 amide bonds. The van der Waals surface area contributed by atoms with Crippen LogP contribution in [0.25, 0.3) is 10.2 Å². The van der Waals surface area contributed by atoms with Gasteiger partial charge in [-0.05, 0) is 50.8 Å². The molecule has 3 heterocycles. The number of rotatable bonds is 7. The number of amides is 1. The maximum atomic E-state index is 12.8. The summed E-state index contributed by atoms with van der Waals surface area (Å²) >= 11 is 3.01. The fraction of sp³-hybridized carbons (Fsp3) is 0.500. The smallest absolute Gasteiger partial charge is 0.259 e. The molecule has 3 aromatic heterocycles. The fourth-order valence-electron chi connectivity index (χ4n) is 3.66. The van der Waals surface area contributed by atoms with E-state index in [2.05, 4.69) is 16.9 Å². The van der Waals surface area contributed by atoms with Crippen molar-refractivity contribution in [2.24, 2.45) is 5.92 Å². The maximum Gasteiger partial charge on any atom is 0.259 e. The van der Waals surface area contributed by atoms with Crippen LogP contribution >= 0.6 is 23.1 Å². The summed E-state index contributed by atoms with van der Waals surface area (Å²) < 4.78 is 5.92. The number of aryl methyl sites for hydroxylation is 2. The summed E-state index contributed by atoms with van der Waals surface area (Å²) in [5.74, 6) is 4.20. The highest BCUT2D eigenvalue weighted by atomic mass is 32.2. The summed E-state index contributed by atoms with van der Waals surface area (Å²) in [5.41, 5.74) is 0.887. The first-order chi connectivity index (χ1) is 14.2. The van der Waals surface area contributed by atoms with Gasteiger partial charge in [0.2, 0.25) is 5.91 Å². The number of thiophene rings is 1. The Hall–Kier alpha value is -2.06. The van der Waals surface area contributed by atoms with Gasteiger partial charge in [0.25, 0.3) is 5.56 Å². The molecule has 0 bridgehead atoms. The van der Waals surface area contributed by atoms with Crippen LogP contribution in [-0.4, -0.2) is 33.1 Å². The monoisotopic (exact) mass is 445 g/mol. The Balaban J connectivity index is 1.35. The van der Waals surface area contributed by atoms with Crippen LogP contribution in [0, 0.1) is 19.8 Å². The van der Waals surface area contributed by atoms with Crippen molar-refractivity contribution < 1.29 is 9.21 Å². The van der Waals surface area contributed by atoms with E-state index in [1.54, 1.807) is 11.9 Å². The van der Waals surface area contributed by atoms with Gasteiger partial charge in [0.1, 0.15) is 22.2 Å². The van der Waals surface area contributed by atoms with Gasteiger partial charge in [0, 0.05) is 17.8 Å². The largest absolute Gasteiger partial charge is 0.464 e. The molecule has 1 N–H and O–H groups in total. The highest BCUT2D eigenvalue weighted by Gasteiger charge is 2.36. The quantitative estimate of drug-likeness (QED) is 0.575. The van der Waals surface area contributed by atoms with Crippen LogP contribution in [0.1, 0.15) is 54.0 Å². The Morgan fingerprint density at radius 1 is 1.43 bits per heavy atom. The third-order valence-electron chi connectivity index (χ3n) is 5.83. The van der Waals surface area contributed by atoms with Crippen molar-refractivity contribution in [2.45, 2.75) is 57.6 Å². The number of hydrogen-bond donors (Lipinski definition) is 1. The Morgan fingerprint density at radius 3 is 2.87 bits per heavy atom. The van der Waals surface area contributed by atoms with Crippen molar-refractivity contribution in [3.63, 3.8) is 0 Å². The van der Waals surface area contributed by atoms with Gasteiger partial charge in [-0.3, -0.25) is 9.59 Å². The number of nitrogens with one attached hydrogen (secondary N) is 1. The number of furan rings is 1. The topological polar surface area (TPSA) is 79.2 Å². The first-order valence-corrected chi connectivity index (χ1v) is 12.0. The number of H-pyrrole nitrogens is 1. The molecule has 30 heavy (non-hydrogen) atoms. The van der Waals surface area contributed by atoms with E-state index >= 15 is 0 Å². The first-order valence-electron chi connectivity index (χ1n) is 10.2. The van der Waals surface area contributed by atoms with Gasteiger partial charge in [-0.15, -0.1) is 23.1 Å². The van der Waals surface area contributed by atoms with Gasteiger partial charge in [0.15, 0.2) is 0 Å². The molecular weight excluding hydrogens is 418 g/mol. The molecule has 0 spiro atoms. The normalized spacial score (nSPS) is 19.2. The zero-order chi connectivity index (χ0) is 21.6. The lowest BCUT2D eigenvalue weighted by Crippen LogP contribution is -2.32. The van der Waals surface area contributed by atoms with Gasteiger partial charge in [0.05, 0.1) is 22.9 Å². The number of fused-ring (bicyclic) bond motifs is 1. The minimum absolute atomic E-state index is 0.0315. The molecule has 1 aliphatic rings. The highest BCUT2D eigenvalue weighted by Crippen LogP contribution is 2.47. The second-order valence-corrected chi connectivity index (χ2v) is 10.8. The number of nitrogens with zero attached hydrogens (tertiary/aromatic N) is 2. The summed E-state index contributed by atoms with van der Waals surface area (Å²) in [5, 5.41) is 0.425. The minimum Gasteiger partial charge on any atom is -0.464 e. The van der Waals surface area contributed by atoms with E-state index in [0.29, 0.717) is 35.3 Å². The van der Waals surface area contributed by atoms with E-state index in [4.69, 9.17) is 4.42 Å². The van der Waals surface area contributed by atoms with Crippen molar-refractivity contribution in [1.82, 2.24) is 14.9 Å². The molecule has 4 rings (SSSR count). The summed E-state index contributed by atoms with van der Waals surface area (Å²) in [4.78, 5) is 36.2. The van der Waals surface area contributed by atoms with Crippen LogP contribution in [0.5, 0.6) is 0 Å². The van der Waals surface area contributed by atoms with Crippen LogP contribution in [-0.2, 0) is 17.1 Å². The summed E-state index contributed by atoms with van der Waals surface area (Å²) in [6.07, 6.45) is 1.18. The van der Waals surface area contributed by atoms with Gasteiger partial charge < -0.3 is 14.3 Å². The summed E-state index contributed by atoms with van der Waals surface area (Å²) in [6.45, 7) is 8.52. The van der Waals surface area contributed by atoms with Crippen molar-refractivity contribution >= 4 is 39.2 Å². The fourth-order valence-corrected chi connectivity index (χ4v) is 5.58. The molecule has 0 radical (unpaired) electrons. The van der Waals surface area contributed by atoms with E-state index in [1.807, 2.05) is 32.9 Å². The van der Waals surface area contributed by atoms with Crippen molar-refractivity contribution in [3.05, 3.63) is 50.3 Å². The van der Waals surface area contributed by atoms with Crippen LogP contribution in [0.2, 0.25) is 0 Å². The molecule has 1 aliphatic carbocycles. The predicted molar refractivity (Wildman–Crippen MR) is 122 cm³/mol. The molecule has 3 aromatic rings. The molecule has 0 aromatic carbocycles. The molecule has 6 nitrogen and oxygen atoms in total. The Kier molecular flexibility index (Phi) is 5.81. The van der Waals surface area contributed by atoms with Crippen LogP contribution < -0.4 is 5.56 Å². The molecular formula is C22H27N3O3S2. The SMILES string of the molecule is Cc1sc2nc(CSC(C)C(=O)N(C)Cc3ccc(C4CC4C)o3)[nH]c(=O)c2c1C. The number of aromatic nitrogens is 2. The number of aromatic amines is 1. The molecule has 1 fully saturated rings. The number of hydrogen-bond acceptors (Lipinski definition) is 6. The Morgan fingerprint density at radius 2 is 2.17 bits per heavy atom. The van der Waals surface area contributed by atoms with E-state index in [0.717, 1.165) is 26.8 Å². The molecule has 3 unspecified atom stereocenters. The molecule has 160 valence electrons. The highest BCUT2D eigenvalue weighted by molar-refractivity contribution is 7.99. The average molecular weight is 446 g/mol. The first kappa shape index (κ1) is 21.2. The zero-order valence-electron chi connectivity index (χ0n) is 17.9. The average Bonchev–Trinajstić information content (AvgIpc) is 3.12. The van der Waals surface area contributed by atoms with Gasteiger partial charge in [-0.1, -0.05) is 6.92 Å². The standard InChI is InChI=1S/C22H27N3O3S2/c1-11-8-16(11)17-7-6-15(28-17)9-25(5)22(27)14(4)29-10-18-23-20(26)19-12(2)13(3)30-21(19)24-18/h6-7,11,14,16H,8-10H2,1-5H3,(H,23,24,26). The third kappa shape index (κ3) is 4.21. The molecule has 1 saturated carbocycles. The van der Waals surface area contributed by atoms with Crippen molar-refractivity contribution in [1.29, 1.82) is 0 Å². The minimum atomic E-state index is -0.249. The molecule has 8 heteroatoms. The van der Waals surface area contributed by atoms with E-state index in [1.165, 1.54) is 29.5 Å². The van der Waals surface area contributed by atoms with Crippen molar-refractivity contribution in [3.8, 4) is 0 Å². The Bertz CT molecular complexity index is 1150. The number of thioether (sulfide) groups is 1. The molecule has 3 atom stereocenters. The lowest BCUT2D eigenvalue weighted by atomic mass is 10.2. The van der Waals surface area contributed by atoms with E-state index in [-0.39, 0.29) is 16.7 Å². The second kappa shape index (κ2) is 8.23. The van der Waals surface area contributed by atoms with Crippen LogP contribution in [0.15, 0.2) is 21.3 Å². The van der Waals surface area contributed by atoms with E-state index in [9.17, 15) is 9.59 Å². The van der Waals surface area contributed by atoms with Crippen molar-refractivity contribution in [2.75, 3.05) is 7.05 Å². The second-order valence-electron chi connectivity index (χ2n) is 8.25. The van der Waals surface area contributed by atoms with Crippen LogP contribution in [0.4, 0.5) is 0 Å². The third-order valence-corrected chi connectivity index (χ3v) is 8.08. The summed E-state index contributed by atoms with van der Waals surface area (Å²) in [7, 11) is 1.80. The lowest BCUT2D eigenvalue weighted by Gasteiger charge is -2.20. The Labute approximate surface area is 184 Å². The molecule has 0 aliphatic heterocycles. The number of carbonyl (C=O) groups is 1. The van der Waals surface area contributed by atoms with E-state index < -0.39 is 0 Å². The maximum absolute atomic E-state index is 12.8. The molecule has 0 saturated heterocycles. The van der Waals surface area contributed by atoms with Gasteiger partial charge in [-0.2, -0.15) is 0 Å². The predicted octanol–water partition coefficient (Wildman–Crippen LogP) is 4.60. The zero-order valence-corrected chi connectivity index (χ0v) is 19.6. The van der Waals surface area contributed by atoms with Gasteiger partial charge >= 0.3 is 0 Å². The lowest BCUT2D eigenvalue weighted by molar-refractivity contribution is -0.129. The number of carbonyl (C=O) groups excluding carboxylic acids is 1. The van der Waals surface area contributed by atoms with Crippen LogP contribution in [0.3, 0.4) is 0 Å². The summed E-state index contributed by atoms with van der Waals surface area (Å²) in [6, 6.07) is 4.00. The van der Waals surface area contributed by atoms with Gasteiger partial charge in [-0.25, -0.2) is 4.98 Å².